The molecule has 112 valence electrons. The summed E-state index contributed by atoms with van der Waals surface area (Å²) in [4.78, 5) is 0. The lowest BCUT2D eigenvalue weighted by Gasteiger charge is -2.34. The highest BCUT2D eigenvalue weighted by atomic mass is 14.9. The molecule has 1 unspecified atom stereocenters. The Morgan fingerprint density at radius 1 is 0.895 bits per heavy atom. The molecule has 0 heterocycles. The largest absolute Gasteiger partial charge is 0.314 e. The Bertz CT molecular complexity index is 226. The van der Waals surface area contributed by atoms with E-state index in [9.17, 15) is 0 Å². The zero-order chi connectivity index (χ0) is 13.5. The average molecular weight is 265 g/mol. The molecule has 0 aromatic carbocycles. The van der Waals surface area contributed by atoms with Crippen molar-refractivity contribution in [2.24, 2.45) is 17.8 Å². The van der Waals surface area contributed by atoms with Crippen molar-refractivity contribution in [1.82, 2.24) is 5.32 Å². The smallest absolute Gasteiger partial charge is 0.00953 e. The van der Waals surface area contributed by atoms with E-state index in [1.807, 2.05) is 0 Å². The second-order valence-corrected chi connectivity index (χ2v) is 7.11. The first-order valence-corrected chi connectivity index (χ1v) is 9.06. The summed E-state index contributed by atoms with van der Waals surface area (Å²) in [5.74, 6) is 3.14. The summed E-state index contributed by atoms with van der Waals surface area (Å²) in [5.41, 5.74) is 0. The predicted octanol–water partition coefficient (Wildman–Crippen LogP) is 5.15. The molecule has 2 aliphatic rings. The van der Waals surface area contributed by atoms with Crippen LogP contribution in [-0.2, 0) is 0 Å². The molecule has 0 aromatic heterocycles. The van der Waals surface area contributed by atoms with E-state index in [-0.39, 0.29) is 0 Å². The molecule has 19 heavy (non-hydrogen) atoms. The molecule has 2 saturated carbocycles. The third-order valence-corrected chi connectivity index (χ3v) is 5.48. The second-order valence-electron chi connectivity index (χ2n) is 7.11. The van der Waals surface area contributed by atoms with E-state index in [0.717, 1.165) is 30.3 Å². The molecule has 0 amide bonds. The molecule has 1 N–H and O–H groups in total. The zero-order valence-electron chi connectivity index (χ0n) is 13.3. The molecule has 2 aliphatic carbocycles. The molecule has 0 aromatic rings. The highest BCUT2D eigenvalue weighted by Crippen LogP contribution is 2.38. The maximum absolute atomic E-state index is 3.79. The monoisotopic (exact) mass is 265 g/mol. The summed E-state index contributed by atoms with van der Waals surface area (Å²) < 4.78 is 0. The van der Waals surface area contributed by atoms with Crippen LogP contribution in [-0.4, -0.2) is 12.6 Å². The topological polar surface area (TPSA) is 12.0 Å². The fourth-order valence-corrected chi connectivity index (χ4v) is 3.96. The van der Waals surface area contributed by atoms with Gasteiger partial charge in [-0.3, -0.25) is 0 Å². The highest BCUT2D eigenvalue weighted by molar-refractivity contribution is 4.84. The maximum atomic E-state index is 3.79. The van der Waals surface area contributed by atoms with Crippen LogP contribution >= 0.6 is 0 Å². The van der Waals surface area contributed by atoms with Crippen LogP contribution in [0.25, 0.3) is 0 Å². The summed E-state index contributed by atoms with van der Waals surface area (Å²) in [7, 11) is 0. The van der Waals surface area contributed by atoms with Crippen LogP contribution in [0.4, 0.5) is 0 Å². The number of hydrogen-bond donors (Lipinski definition) is 1. The van der Waals surface area contributed by atoms with Crippen LogP contribution in [0.3, 0.4) is 0 Å². The molecule has 2 fully saturated rings. The minimum atomic E-state index is 0.831. The van der Waals surface area contributed by atoms with Crippen molar-refractivity contribution in [2.75, 3.05) is 6.54 Å². The molecule has 0 aliphatic heterocycles. The van der Waals surface area contributed by atoms with Crippen molar-refractivity contribution in [1.29, 1.82) is 0 Å². The van der Waals surface area contributed by atoms with Gasteiger partial charge in [0.2, 0.25) is 0 Å². The van der Waals surface area contributed by atoms with Crippen molar-refractivity contribution in [3.8, 4) is 0 Å². The Morgan fingerprint density at radius 3 is 2.11 bits per heavy atom. The summed E-state index contributed by atoms with van der Waals surface area (Å²) >= 11 is 0. The van der Waals surface area contributed by atoms with Gasteiger partial charge in [0, 0.05) is 6.04 Å². The molecular formula is C18H35N. The first kappa shape index (κ1) is 15.4. The third-order valence-electron chi connectivity index (χ3n) is 5.48. The summed E-state index contributed by atoms with van der Waals surface area (Å²) in [6.45, 7) is 5.76. The minimum Gasteiger partial charge on any atom is -0.314 e. The van der Waals surface area contributed by atoms with Gasteiger partial charge in [0.15, 0.2) is 0 Å². The molecule has 1 nitrogen and oxygen atoms in total. The van der Waals surface area contributed by atoms with Crippen LogP contribution in [0.15, 0.2) is 0 Å². The first-order chi connectivity index (χ1) is 9.33. The van der Waals surface area contributed by atoms with Gasteiger partial charge in [-0.15, -0.1) is 0 Å². The molecule has 0 bridgehead atoms. The zero-order valence-corrected chi connectivity index (χ0v) is 13.3. The van der Waals surface area contributed by atoms with Gasteiger partial charge in [-0.05, 0) is 50.0 Å². The Balaban J connectivity index is 1.69. The van der Waals surface area contributed by atoms with Gasteiger partial charge in [0.1, 0.15) is 0 Å². The Morgan fingerprint density at radius 2 is 1.53 bits per heavy atom. The van der Waals surface area contributed by atoms with Gasteiger partial charge in [-0.2, -0.15) is 0 Å². The second kappa shape index (κ2) is 8.29. The molecule has 0 saturated heterocycles. The van der Waals surface area contributed by atoms with E-state index >= 15 is 0 Å². The van der Waals surface area contributed by atoms with E-state index in [1.165, 1.54) is 70.6 Å². The quantitative estimate of drug-likeness (QED) is 0.608. The summed E-state index contributed by atoms with van der Waals surface area (Å²) in [5, 5.41) is 3.79. The molecular weight excluding hydrogens is 230 g/mol. The van der Waals surface area contributed by atoms with Crippen LogP contribution in [0.2, 0.25) is 0 Å². The van der Waals surface area contributed by atoms with Gasteiger partial charge in [0.25, 0.3) is 0 Å². The summed E-state index contributed by atoms with van der Waals surface area (Å²) in [6, 6.07) is 0.831. The Labute approximate surface area is 120 Å². The molecule has 1 heteroatoms. The Kier molecular flexibility index (Phi) is 6.70. The molecule has 2 rings (SSSR count). The van der Waals surface area contributed by atoms with Gasteiger partial charge in [-0.25, -0.2) is 0 Å². The third kappa shape index (κ3) is 5.45. The molecule has 0 spiro atoms. The molecule has 1 atom stereocenters. The first-order valence-electron chi connectivity index (χ1n) is 9.06. The SMILES string of the molecule is CCCCC1CCC(C(CCC2CC2)NCC)CC1. The van der Waals surface area contributed by atoms with Crippen LogP contribution in [0.1, 0.15) is 84.5 Å². The van der Waals surface area contributed by atoms with Crippen LogP contribution < -0.4 is 5.32 Å². The summed E-state index contributed by atoms with van der Waals surface area (Å²) in [6.07, 6.45) is 16.3. The average Bonchev–Trinajstić information content (AvgIpc) is 3.26. The highest BCUT2D eigenvalue weighted by Gasteiger charge is 2.29. The van der Waals surface area contributed by atoms with E-state index < -0.39 is 0 Å². The lowest BCUT2D eigenvalue weighted by molar-refractivity contribution is 0.204. The standard InChI is InChI=1S/C18H35N/c1-3-5-6-15-9-12-17(13-10-15)18(19-4-2)14-11-16-7-8-16/h15-19H,3-14H2,1-2H3. The van der Waals surface area contributed by atoms with Gasteiger partial charge in [-0.1, -0.05) is 58.8 Å². The number of nitrogens with one attached hydrogen (secondary N) is 1. The van der Waals surface area contributed by atoms with E-state index in [2.05, 4.69) is 19.2 Å². The molecule has 0 radical (unpaired) electrons. The van der Waals surface area contributed by atoms with Crippen molar-refractivity contribution in [3.63, 3.8) is 0 Å². The maximum Gasteiger partial charge on any atom is 0.00953 e. The number of unbranched alkanes of at least 4 members (excludes halogenated alkanes) is 1. The number of hydrogen-bond acceptors (Lipinski definition) is 1. The minimum absolute atomic E-state index is 0.831. The lowest BCUT2D eigenvalue weighted by atomic mass is 9.76. The van der Waals surface area contributed by atoms with Gasteiger partial charge >= 0.3 is 0 Å². The van der Waals surface area contributed by atoms with Crippen LogP contribution in [0, 0.1) is 17.8 Å². The Hall–Kier alpha value is -0.0400. The van der Waals surface area contributed by atoms with Gasteiger partial charge < -0.3 is 5.32 Å². The van der Waals surface area contributed by atoms with Crippen molar-refractivity contribution in [3.05, 3.63) is 0 Å². The predicted molar refractivity (Wildman–Crippen MR) is 84.4 cm³/mol. The van der Waals surface area contributed by atoms with Crippen LogP contribution in [0.5, 0.6) is 0 Å². The fourth-order valence-electron chi connectivity index (χ4n) is 3.96. The van der Waals surface area contributed by atoms with Crippen molar-refractivity contribution >= 4 is 0 Å². The van der Waals surface area contributed by atoms with E-state index in [0.29, 0.717) is 0 Å². The van der Waals surface area contributed by atoms with Gasteiger partial charge in [0.05, 0.1) is 0 Å². The van der Waals surface area contributed by atoms with E-state index in [4.69, 9.17) is 0 Å². The lowest BCUT2D eigenvalue weighted by Crippen LogP contribution is -2.38. The normalized spacial score (nSPS) is 29.4. The number of rotatable bonds is 9. The van der Waals surface area contributed by atoms with Crippen molar-refractivity contribution in [2.45, 2.75) is 90.5 Å². The van der Waals surface area contributed by atoms with Crippen molar-refractivity contribution < 1.29 is 0 Å². The fraction of sp³-hybridized carbons (Fsp3) is 1.00. The van der Waals surface area contributed by atoms with E-state index in [1.54, 1.807) is 0 Å².